The maximum atomic E-state index is 13.8. The van der Waals surface area contributed by atoms with E-state index in [0.29, 0.717) is 18.5 Å². The van der Waals surface area contributed by atoms with Crippen molar-refractivity contribution < 1.29 is 22.7 Å². The summed E-state index contributed by atoms with van der Waals surface area (Å²) in [5.74, 6) is -1.46. The molecule has 0 saturated carbocycles. The first-order chi connectivity index (χ1) is 12.4. The quantitative estimate of drug-likeness (QED) is 0.801. The van der Waals surface area contributed by atoms with Crippen LogP contribution in [0, 0.1) is 11.7 Å². The fourth-order valence-corrected chi connectivity index (χ4v) is 4.50. The average Bonchev–Trinajstić information content (AvgIpc) is 2.64. The molecular weight excluding hydrogens is 359 g/mol. The molecule has 1 fully saturated rings. The second-order valence-electron chi connectivity index (χ2n) is 6.12. The predicted octanol–water partition coefficient (Wildman–Crippen LogP) is 2.57. The standard InChI is InChI=1S/C18H19FN2O4S/c19-14-5-1-4-8-17(14)26(24,25)21-11-9-13(10-12-21)18(23)20-15-6-2-3-7-16(15)22/h1-8,13,22H,9-12H2,(H,20,23). The van der Waals surface area contributed by atoms with Crippen LogP contribution >= 0.6 is 0 Å². The summed E-state index contributed by atoms with van der Waals surface area (Å²) in [5, 5.41) is 12.4. The summed E-state index contributed by atoms with van der Waals surface area (Å²) in [5.41, 5.74) is 0.318. The average molecular weight is 378 g/mol. The molecule has 6 nitrogen and oxygen atoms in total. The van der Waals surface area contributed by atoms with Gasteiger partial charge in [0, 0.05) is 19.0 Å². The van der Waals surface area contributed by atoms with Crippen LogP contribution in [0.1, 0.15) is 12.8 Å². The minimum Gasteiger partial charge on any atom is -0.506 e. The Morgan fingerprint density at radius 3 is 2.35 bits per heavy atom. The smallest absolute Gasteiger partial charge is 0.245 e. The van der Waals surface area contributed by atoms with Crippen molar-refractivity contribution in [3.63, 3.8) is 0 Å². The third-order valence-corrected chi connectivity index (χ3v) is 6.37. The largest absolute Gasteiger partial charge is 0.506 e. The molecule has 0 aromatic heterocycles. The summed E-state index contributed by atoms with van der Waals surface area (Å²) in [7, 11) is -3.92. The van der Waals surface area contributed by atoms with Gasteiger partial charge in [-0.05, 0) is 37.1 Å². The zero-order valence-corrected chi connectivity index (χ0v) is 14.7. The molecule has 138 valence electrons. The van der Waals surface area contributed by atoms with E-state index in [2.05, 4.69) is 5.32 Å². The van der Waals surface area contributed by atoms with Crippen LogP contribution in [0.15, 0.2) is 53.4 Å². The number of benzene rings is 2. The lowest BCUT2D eigenvalue weighted by atomic mass is 9.97. The van der Waals surface area contributed by atoms with Crippen LogP contribution in [0.5, 0.6) is 5.75 Å². The molecule has 2 aromatic rings. The summed E-state index contributed by atoms with van der Waals surface area (Å²) in [6.07, 6.45) is 0.653. The fourth-order valence-electron chi connectivity index (χ4n) is 2.97. The van der Waals surface area contributed by atoms with Gasteiger partial charge in [0.25, 0.3) is 0 Å². The number of rotatable bonds is 4. The number of nitrogens with one attached hydrogen (secondary N) is 1. The molecule has 1 heterocycles. The Morgan fingerprint density at radius 1 is 1.08 bits per heavy atom. The van der Waals surface area contributed by atoms with E-state index in [1.165, 1.54) is 28.6 Å². The number of para-hydroxylation sites is 2. The molecule has 26 heavy (non-hydrogen) atoms. The third-order valence-electron chi connectivity index (χ3n) is 4.44. The molecule has 2 N–H and O–H groups in total. The van der Waals surface area contributed by atoms with E-state index in [1.54, 1.807) is 18.2 Å². The van der Waals surface area contributed by atoms with Crippen molar-refractivity contribution in [2.45, 2.75) is 17.7 Å². The molecular formula is C18H19FN2O4S. The number of sulfonamides is 1. The number of aromatic hydroxyl groups is 1. The fraction of sp³-hybridized carbons (Fsp3) is 0.278. The van der Waals surface area contributed by atoms with Crippen molar-refractivity contribution in [1.29, 1.82) is 0 Å². The Balaban J connectivity index is 1.65. The molecule has 1 amide bonds. The number of piperidine rings is 1. The van der Waals surface area contributed by atoms with Gasteiger partial charge in [0.05, 0.1) is 5.69 Å². The first kappa shape index (κ1) is 18.3. The number of hydrogen-bond donors (Lipinski definition) is 2. The highest BCUT2D eigenvalue weighted by Gasteiger charge is 2.33. The van der Waals surface area contributed by atoms with E-state index < -0.39 is 15.8 Å². The number of hydrogen-bond acceptors (Lipinski definition) is 4. The number of phenols is 1. The maximum absolute atomic E-state index is 13.8. The van der Waals surface area contributed by atoms with Crippen LogP contribution in [-0.2, 0) is 14.8 Å². The van der Waals surface area contributed by atoms with Gasteiger partial charge in [0.15, 0.2) is 0 Å². The number of anilines is 1. The number of carbonyl (C=O) groups is 1. The highest BCUT2D eigenvalue weighted by atomic mass is 32.2. The van der Waals surface area contributed by atoms with Gasteiger partial charge in [0.1, 0.15) is 16.5 Å². The van der Waals surface area contributed by atoms with Crippen molar-refractivity contribution in [3.8, 4) is 5.75 Å². The zero-order valence-electron chi connectivity index (χ0n) is 13.9. The minimum atomic E-state index is -3.92. The van der Waals surface area contributed by atoms with E-state index >= 15 is 0 Å². The molecule has 8 heteroatoms. The maximum Gasteiger partial charge on any atom is 0.245 e. The van der Waals surface area contributed by atoms with Gasteiger partial charge in [-0.15, -0.1) is 0 Å². The lowest BCUT2D eigenvalue weighted by Gasteiger charge is -2.30. The van der Waals surface area contributed by atoms with Crippen molar-refractivity contribution in [3.05, 3.63) is 54.3 Å². The number of amides is 1. The normalized spacial score (nSPS) is 16.3. The number of nitrogens with zero attached hydrogens (tertiary/aromatic N) is 1. The molecule has 1 saturated heterocycles. The summed E-state index contributed by atoms with van der Waals surface area (Å²) in [4.78, 5) is 12.0. The molecule has 0 radical (unpaired) electrons. The van der Waals surface area contributed by atoms with Crippen molar-refractivity contribution >= 4 is 21.6 Å². The van der Waals surface area contributed by atoms with E-state index in [-0.39, 0.29) is 35.6 Å². The SMILES string of the molecule is O=C(Nc1ccccc1O)C1CCN(S(=O)(=O)c2ccccc2F)CC1. The lowest BCUT2D eigenvalue weighted by molar-refractivity contribution is -0.120. The molecule has 0 atom stereocenters. The van der Waals surface area contributed by atoms with E-state index in [0.717, 1.165) is 6.07 Å². The minimum absolute atomic E-state index is 0.0274. The van der Waals surface area contributed by atoms with Crippen LogP contribution < -0.4 is 5.32 Å². The van der Waals surface area contributed by atoms with Gasteiger partial charge in [-0.2, -0.15) is 4.31 Å². The Labute approximate surface area is 151 Å². The second-order valence-corrected chi connectivity index (χ2v) is 8.02. The van der Waals surface area contributed by atoms with Crippen LogP contribution in [0.2, 0.25) is 0 Å². The lowest BCUT2D eigenvalue weighted by Crippen LogP contribution is -2.41. The first-order valence-corrected chi connectivity index (χ1v) is 9.67. The number of halogens is 1. The highest BCUT2D eigenvalue weighted by Crippen LogP contribution is 2.27. The molecule has 3 rings (SSSR count). The van der Waals surface area contributed by atoms with Gasteiger partial charge in [-0.1, -0.05) is 24.3 Å². The van der Waals surface area contributed by atoms with Gasteiger partial charge in [-0.3, -0.25) is 4.79 Å². The van der Waals surface area contributed by atoms with Crippen LogP contribution in [0.3, 0.4) is 0 Å². The highest BCUT2D eigenvalue weighted by molar-refractivity contribution is 7.89. The third kappa shape index (κ3) is 3.71. The molecule has 0 unspecified atom stereocenters. The van der Waals surface area contributed by atoms with Crippen molar-refractivity contribution in [1.82, 2.24) is 4.31 Å². The Kier molecular flexibility index (Phi) is 5.24. The van der Waals surface area contributed by atoms with Crippen molar-refractivity contribution in [2.75, 3.05) is 18.4 Å². The number of phenolic OH excluding ortho intramolecular Hbond substituents is 1. The van der Waals surface area contributed by atoms with Crippen molar-refractivity contribution in [2.24, 2.45) is 5.92 Å². The summed E-state index contributed by atoms with van der Waals surface area (Å²) >= 11 is 0. The molecule has 1 aliphatic rings. The molecule has 2 aromatic carbocycles. The number of carbonyl (C=O) groups excluding carboxylic acids is 1. The molecule has 1 aliphatic heterocycles. The van der Waals surface area contributed by atoms with Gasteiger partial charge < -0.3 is 10.4 Å². The van der Waals surface area contributed by atoms with E-state index in [9.17, 15) is 22.7 Å². The van der Waals surface area contributed by atoms with Gasteiger partial charge in [0.2, 0.25) is 15.9 Å². The Bertz CT molecular complexity index is 909. The van der Waals surface area contributed by atoms with E-state index in [4.69, 9.17) is 0 Å². The summed E-state index contributed by atoms with van der Waals surface area (Å²) in [6, 6.07) is 11.7. The summed E-state index contributed by atoms with van der Waals surface area (Å²) < 4.78 is 40.2. The van der Waals surface area contributed by atoms with Crippen LogP contribution in [0.4, 0.5) is 10.1 Å². The topological polar surface area (TPSA) is 86.7 Å². The molecule has 0 spiro atoms. The zero-order chi connectivity index (χ0) is 18.7. The monoisotopic (exact) mass is 378 g/mol. The first-order valence-electron chi connectivity index (χ1n) is 8.23. The van der Waals surface area contributed by atoms with Gasteiger partial charge >= 0.3 is 0 Å². The van der Waals surface area contributed by atoms with E-state index in [1.807, 2.05) is 0 Å². The molecule has 0 bridgehead atoms. The van der Waals surface area contributed by atoms with Crippen LogP contribution in [-0.4, -0.2) is 36.8 Å². The molecule has 0 aliphatic carbocycles. The Hall–Kier alpha value is -2.45. The summed E-state index contributed by atoms with van der Waals surface area (Å²) in [6.45, 7) is 0.269. The Morgan fingerprint density at radius 2 is 1.69 bits per heavy atom. The predicted molar refractivity (Wildman–Crippen MR) is 94.6 cm³/mol. The van der Waals surface area contributed by atoms with Crippen LogP contribution in [0.25, 0.3) is 0 Å². The van der Waals surface area contributed by atoms with Gasteiger partial charge in [-0.25, -0.2) is 12.8 Å². The second kappa shape index (κ2) is 7.43.